The Labute approximate surface area is 119 Å². The number of benzene rings is 2. The maximum Gasteiger partial charge on any atom is 0.168 e. The SMILES string of the molecule is COc1ccc(CC(=O)c2ccccc2Br)cc1F. The third kappa shape index (κ3) is 3.20. The molecule has 2 rings (SSSR count). The van der Waals surface area contributed by atoms with E-state index in [1.165, 1.54) is 19.2 Å². The summed E-state index contributed by atoms with van der Waals surface area (Å²) in [4.78, 5) is 12.1. The van der Waals surface area contributed by atoms with Crippen LogP contribution in [0.5, 0.6) is 5.75 Å². The Balaban J connectivity index is 2.20. The molecule has 0 spiro atoms. The minimum atomic E-state index is -0.458. The maximum atomic E-state index is 13.5. The first-order chi connectivity index (χ1) is 9.11. The van der Waals surface area contributed by atoms with Gasteiger partial charge in [0.2, 0.25) is 0 Å². The summed E-state index contributed by atoms with van der Waals surface area (Å²) in [6.45, 7) is 0. The molecule has 0 aliphatic carbocycles. The zero-order valence-corrected chi connectivity index (χ0v) is 11.9. The Morgan fingerprint density at radius 2 is 2.00 bits per heavy atom. The fraction of sp³-hybridized carbons (Fsp3) is 0.133. The molecule has 0 aliphatic heterocycles. The van der Waals surface area contributed by atoms with Crippen molar-refractivity contribution in [2.75, 3.05) is 7.11 Å². The van der Waals surface area contributed by atoms with Crippen LogP contribution in [0.1, 0.15) is 15.9 Å². The van der Waals surface area contributed by atoms with Crippen LogP contribution in [-0.4, -0.2) is 12.9 Å². The quantitative estimate of drug-likeness (QED) is 0.795. The lowest BCUT2D eigenvalue weighted by Gasteiger charge is -2.06. The van der Waals surface area contributed by atoms with Crippen LogP contribution in [0.25, 0.3) is 0 Å². The average molecular weight is 323 g/mol. The molecule has 19 heavy (non-hydrogen) atoms. The van der Waals surface area contributed by atoms with E-state index < -0.39 is 5.82 Å². The molecule has 2 nitrogen and oxygen atoms in total. The lowest BCUT2D eigenvalue weighted by Crippen LogP contribution is -2.04. The second-order valence-corrected chi connectivity index (χ2v) is 4.90. The fourth-order valence-corrected chi connectivity index (χ4v) is 2.29. The standard InChI is InChI=1S/C15H12BrFO2/c1-19-15-7-6-10(8-13(15)17)9-14(18)11-4-2-3-5-12(11)16/h2-8H,9H2,1H3. The molecule has 0 atom stereocenters. The largest absolute Gasteiger partial charge is 0.494 e. The first-order valence-electron chi connectivity index (χ1n) is 5.72. The van der Waals surface area contributed by atoms with E-state index in [2.05, 4.69) is 15.9 Å². The molecule has 0 amide bonds. The van der Waals surface area contributed by atoms with Crippen molar-refractivity contribution in [3.05, 3.63) is 63.9 Å². The molecule has 0 unspecified atom stereocenters. The first-order valence-corrected chi connectivity index (χ1v) is 6.51. The summed E-state index contributed by atoms with van der Waals surface area (Å²) in [5.41, 5.74) is 1.22. The van der Waals surface area contributed by atoms with Gasteiger partial charge in [-0.15, -0.1) is 0 Å². The highest BCUT2D eigenvalue weighted by Gasteiger charge is 2.11. The summed E-state index contributed by atoms with van der Waals surface area (Å²) in [6.07, 6.45) is 0.156. The Kier molecular flexibility index (Phi) is 4.32. The summed E-state index contributed by atoms with van der Waals surface area (Å²) >= 11 is 3.33. The summed E-state index contributed by atoms with van der Waals surface area (Å²) in [5.74, 6) is -0.339. The molecular weight excluding hydrogens is 311 g/mol. The topological polar surface area (TPSA) is 26.3 Å². The van der Waals surface area contributed by atoms with Crippen molar-refractivity contribution < 1.29 is 13.9 Å². The zero-order chi connectivity index (χ0) is 13.8. The lowest BCUT2D eigenvalue weighted by atomic mass is 10.0. The lowest BCUT2D eigenvalue weighted by molar-refractivity contribution is 0.0992. The van der Waals surface area contributed by atoms with Gasteiger partial charge in [0.05, 0.1) is 7.11 Å². The minimum Gasteiger partial charge on any atom is -0.494 e. The van der Waals surface area contributed by atoms with E-state index in [0.29, 0.717) is 11.1 Å². The van der Waals surface area contributed by atoms with Crippen molar-refractivity contribution in [1.82, 2.24) is 0 Å². The number of carbonyl (C=O) groups is 1. The number of Topliss-reactive ketones (excluding diaryl/α,β-unsaturated/α-hetero) is 1. The maximum absolute atomic E-state index is 13.5. The number of hydrogen-bond acceptors (Lipinski definition) is 2. The van der Waals surface area contributed by atoms with Gasteiger partial charge in [-0.3, -0.25) is 4.79 Å². The number of rotatable bonds is 4. The highest BCUT2D eigenvalue weighted by Crippen LogP contribution is 2.21. The van der Waals surface area contributed by atoms with E-state index in [1.54, 1.807) is 18.2 Å². The van der Waals surface area contributed by atoms with Gasteiger partial charge >= 0.3 is 0 Å². The highest BCUT2D eigenvalue weighted by molar-refractivity contribution is 9.10. The van der Waals surface area contributed by atoms with Gasteiger partial charge in [-0.1, -0.05) is 40.2 Å². The molecule has 0 heterocycles. The monoisotopic (exact) mass is 322 g/mol. The average Bonchev–Trinajstić information content (AvgIpc) is 2.39. The van der Waals surface area contributed by atoms with Gasteiger partial charge in [0.1, 0.15) is 0 Å². The van der Waals surface area contributed by atoms with Crippen molar-refractivity contribution in [3.8, 4) is 5.75 Å². The van der Waals surface area contributed by atoms with E-state index in [4.69, 9.17) is 4.74 Å². The summed E-state index contributed by atoms with van der Waals surface area (Å²) in [7, 11) is 1.41. The Bertz CT molecular complexity index is 611. The van der Waals surface area contributed by atoms with Crippen LogP contribution in [0.15, 0.2) is 46.9 Å². The number of halogens is 2. The third-order valence-electron chi connectivity index (χ3n) is 2.76. The van der Waals surface area contributed by atoms with Crippen molar-refractivity contribution >= 4 is 21.7 Å². The van der Waals surface area contributed by atoms with E-state index in [-0.39, 0.29) is 18.0 Å². The van der Waals surface area contributed by atoms with Crippen molar-refractivity contribution in [2.45, 2.75) is 6.42 Å². The van der Waals surface area contributed by atoms with Crippen molar-refractivity contribution in [1.29, 1.82) is 0 Å². The molecule has 2 aromatic carbocycles. The van der Waals surface area contributed by atoms with Crippen LogP contribution in [-0.2, 0) is 6.42 Å². The van der Waals surface area contributed by atoms with E-state index in [1.807, 2.05) is 12.1 Å². The van der Waals surface area contributed by atoms with E-state index in [0.717, 1.165) is 4.47 Å². The first kappa shape index (κ1) is 13.7. The van der Waals surface area contributed by atoms with Gasteiger partial charge in [-0.25, -0.2) is 4.39 Å². The molecule has 0 radical (unpaired) electrons. The number of carbonyl (C=O) groups excluding carboxylic acids is 1. The van der Waals surface area contributed by atoms with Crippen LogP contribution < -0.4 is 4.74 Å². The second-order valence-electron chi connectivity index (χ2n) is 4.05. The normalized spacial score (nSPS) is 10.3. The second kappa shape index (κ2) is 5.97. The molecular formula is C15H12BrFO2. The van der Waals surface area contributed by atoms with Crippen LogP contribution in [0.3, 0.4) is 0 Å². The summed E-state index contributed by atoms with van der Waals surface area (Å²) < 4.78 is 19.1. The Morgan fingerprint density at radius 3 is 2.63 bits per heavy atom. The Morgan fingerprint density at radius 1 is 1.26 bits per heavy atom. The third-order valence-corrected chi connectivity index (χ3v) is 3.45. The summed E-state index contributed by atoms with van der Waals surface area (Å²) in [5, 5.41) is 0. The van der Waals surface area contributed by atoms with Crippen LogP contribution >= 0.6 is 15.9 Å². The fourth-order valence-electron chi connectivity index (χ4n) is 1.79. The van der Waals surface area contributed by atoms with Crippen LogP contribution in [0.2, 0.25) is 0 Å². The van der Waals surface area contributed by atoms with E-state index in [9.17, 15) is 9.18 Å². The number of ether oxygens (including phenoxy) is 1. The predicted molar refractivity (Wildman–Crippen MR) is 75.1 cm³/mol. The van der Waals surface area contributed by atoms with Gasteiger partial charge in [0, 0.05) is 16.5 Å². The number of ketones is 1. The zero-order valence-electron chi connectivity index (χ0n) is 10.3. The molecule has 98 valence electrons. The van der Waals surface area contributed by atoms with Crippen LogP contribution in [0.4, 0.5) is 4.39 Å². The van der Waals surface area contributed by atoms with Gasteiger partial charge in [0.15, 0.2) is 17.3 Å². The molecule has 0 aliphatic rings. The van der Waals surface area contributed by atoms with Crippen molar-refractivity contribution in [2.24, 2.45) is 0 Å². The summed E-state index contributed by atoms with van der Waals surface area (Å²) in [6, 6.07) is 11.7. The van der Waals surface area contributed by atoms with Gasteiger partial charge in [-0.2, -0.15) is 0 Å². The van der Waals surface area contributed by atoms with Gasteiger partial charge < -0.3 is 4.74 Å². The molecule has 2 aromatic rings. The predicted octanol–water partition coefficient (Wildman–Crippen LogP) is 4.02. The molecule has 0 aromatic heterocycles. The smallest absolute Gasteiger partial charge is 0.168 e. The van der Waals surface area contributed by atoms with Crippen LogP contribution in [0, 0.1) is 5.82 Å². The Hall–Kier alpha value is -1.68. The minimum absolute atomic E-state index is 0.0583. The van der Waals surface area contributed by atoms with Gasteiger partial charge in [-0.05, 0) is 23.8 Å². The van der Waals surface area contributed by atoms with E-state index >= 15 is 0 Å². The molecule has 0 saturated carbocycles. The molecule has 0 fully saturated rings. The van der Waals surface area contributed by atoms with Gasteiger partial charge in [0.25, 0.3) is 0 Å². The molecule has 0 saturated heterocycles. The number of hydrogen-bond donors (Lipinski definition) is 0. The molecule has 0 bridgehead atoms. The molecule has 0 N–H and O–H groups in total. The van der Waals surface area contributed by atoms with Crippen molar-refractivity contribution in [3.63, 3.8) is 0 Å². The molecule has 4 heteroatoms. The number of methoxy groups -OCH3 is 1. The highest BCUT2D eigenvalue weighted by atomic mass is 79.9.